The zero-order chi connectivity index (χ0) is 31.7. The summed E-state index contributed by atoms with van der Waals surface area (Å²) in [6.45, 7) is 1.84. The van der Waals surface area contributed by atoms with Gasteiger partial charge in [0.25, 0.3) is 5.91 Å². The Morgan fingerprint density at radius 1 is 1.07 bits per heavy atom. The van der Waals surface area contributed by atoms with E-state index >= 15 is 0 Å². The molecule has 0 bridgehead atoms. The first kappa shape index (κ1) is 31.7. The molecule has 4 rings (SSSR count). The monoisotopic (exact) mass is 626 g/mol. The number of benzene rings is 2. The number of carboxylic acids is 1. The van der Waals surface area contributed by atoms with Crippen molar-refractivity contribution in [3.05, 3.63) is 77.7 Å². The number of nitrogens with two attached hydrogens (primary N) is 1. The van der Waals surface area contributed by atoms with Crippen molar-refractivity contribution in [2.45, 2.75) is 32.8 Å². The van der Waals surface area contributed by atoms with Crippen LogP contribution in [0.25, 0.3) is 11.3 Å². The number of carbonyl (C=O) groups is 2. The third-order valence-electron chi connectivity index (χ3n) is 6.26. The Hall–Kier alpha value is -5.18. The first-order valence-electron chi connectivity index (χ1n) is 13.5. The molecule has 232 valence electrons. The van der Waals surface area contributed by atoms with Gasteiger partial charge in [0.2, 0.25) is 10.0 Å². The molecular formula is C29H31FN6O7S. The summed E-state index contributed by atoms with van der Waals surface area (Å²) in [6, 6.07) is 13.5. The number of rotatable bonds is 16. The first-order chi connectivity index (χ1) is 21.0. The lowest BCUT2D eigenvalue weighted by atomic mass is 10.1. The fourth-order valence-electron chi connectivity index (χ4n) is 3.97. The number of aromatic amines is 1. The lowest BCUT2D eigenvalue weighted by Gasteiger charge is -2.15. The number of ether oxygens (including phenoxy) is 2. The maximum Gasteiger partial charge on any atom is 0.303 e. The van der Waals surface area contributed by atoms with Crippen LogP contribution in [0.2, 0.25) is 0 Å². The second kappa shape index (κ2) is 14.3. The molecule has 4 aromatic rings. The number of unbranched alkanes of at least 4 members (excludes halogenated alkanes) is 1. The molecule has 0 saturated heterocycles. The van der Waals surface area contributed by atoms with E-state index in [9.17, 15) is 22.4 Å². The second-order valence-electron chi connectivity index (χ2n) is 9.52. The van der Waals surface area contributed by atoms with Gasteiger partial charge in [-0.05, 0) is 61.7 Å². The van der Waals surface area contributed by atoms with Gasteiger partial charge in [0.1, 0.15) is 46.8 Å². The Morgan fingerprint density at radius 2 is 1.84 bits per heavy atom. The normalized spacial score (nSPS) is 11.1. The zero-order valence-corrected chi connectivity index (χ0v) is 24.5. The molecule has 6 N–H and O–H groups in total. The van der Waals surface area contributed by atoms with Crippen molar-refractivity contribution in [3.8, 4) is 22.8 Å². The summed E-state index contributed by atoms with van der Waals surface area (Å²) in [5.74, 6) is -1.05. The maximum atomic E-state index is 13.3. The topological polar surface area (TPSA) is 199 Å². The highest BCUT2D eigenvalue weighted by Crippen LogP contribution is 2.35. The van der Waals surface area contributed by atoms with E-state index in [2.05, 4.69) is 25.2 Å². The number of carboxylic acid groups (broad SMARTS) is 1. The largest absolute Gasteiger partial charge is 0.492 e. The highest BCUT2D eigenvalue weighted by molar-refractivity contribution is 7.92. The van der Waals surface area contributed by atoms with Crippen molar-refractivity contribution >= 4 is 39.2 Å². The van der Waals surface area contributed by atoms with Gasteiger partial charge >= 0.3 is 5.97 Å². The zero-order valence-electron chi connectivity index (χ0n) is 23.7. The molecule has 0 unspecified atom stereocenters. The number of nitrogens with one attached hydrogen (secondary N) is 3. The van der Waals surface area contributed by atoms with Gasteiger partial charge in [-0.1, -0.05) is 18.2 Å². The summed E-state index contributed by atoms with van der Waals surface area (Å²) in [7, 11) is -3.65. The number of hydrogen-bond acceptors (Lipinski definition) is 9. The SMILES string of the molecule is CCS(=O)(=O)Nc1ccc(-c2n[nH]c(Nc3ccc(OCCCCC(=O)O)cn3)c2C(N)=O)cc1OCc1ccc(F)cc1. The molecule has 0 atom stereocenters. The van der Waals surface area contributed by atoms with Crippen LogP contribution in [0.15, 0.2) is 60.8 Å². The van der Waals surface area contributed by atoms with Crippen LogP contribution in [0, 0.1) is 5.82 Å². The summed E-state index contributed by atoms with van der Waals surface area (Å²) >= 11 is 0. The molecule has 0 fully saturated rings. The van der Waals surface area contributed by atoms with Gasteiger partial charge in [0, 0.05) is 12.0 Å². The lowest BCUT2D eigenvalue weighted by Crippen LogP contribution is -2.15. The molecule has 15 heteroatoms. The molecule has 13 nitrogen and oxygen atoms in total. The van der Waals surface area contributed by atoms with Crippen LogP contribution >= 0.6 is 0 Å². The molecule has 1 amide bonds. The minimum absolute atomic E-state index is 0.00828. The molecule has 0 aliphatic carbocycles. The summed E-state index contributed by atoms with van der Waals surface area (Å²) in [5, 5.41) is 18.7. The number of carbonyl (C=O) groups excluding carboxylic acids is 1. The minimum Gasteiger partial charge on any atom is -0.492 e. The number of aliphatic carboxylic acids is 1. The van der Waals surface area contributed by atoms with Gasteiger partial charge in [-0.25, -0.2) is 17.8 Å². The van der Waals surface area contributed by atoms with Crippen molar-refractivity contribution in [2.75, 3.05) is 22.4 Å². The van der Waals surface area contributed by atoms with E-state index in [0.29, 0.717) is 42.1 Å². The maximum absolute atomic E-state index is 13.3. The van der Waals surface area contributed by atoms with Gasteiger partial charge in [0.15, 0.2) is 0 Å². The Morgan fingerprint density at radius 3 is 2.50 bits per heavy atom. The molecule has 0 aliphatic rings. The predicted molar refractivity (Wildman–Crippen MR) is 161 cm³/mol. The molecular weight excluding hydrogens is 595 g/mol. The Bertz CT molecular complexity index is 1710. The standard InChI is InChI=1S/C29H31FN6O7S/c1-2-44(40,41)36-22-12-8-19(15-23(22)43-17-18-6-9-20(30)10-7-18)27-26(28(31)39)29(35-34-27)33-24-13-11-21(16-32-24)42-14-4-3-5-25(37)38/h6-13,15-16,36H,2-5,14,17H2,1H3,(H2,31,39)(H,37,38)(H2,32,33,34,35). The number of amides is 1. The number of sulfonamides is 1. The average molecular weight is 627 g/mol. The van der Waals surface area contributed by atoms with Gasteiger partial charge in [0.05, 0.1) is 24.2 Å². The number of nitrogens with zero attached hydrogens (tertiary/aromatic N) is 2. The summed E-state index contributed by atoms with van der Waals surface area (Å²) in [4.78, 5) is 27.4. The van der Waals surface area contributed by atoms with Crippen molar-refractivity contribution in [2.24, 2.45) is 5.73 Å². The highest BCUT2D eigenvalue weighted by Gasteiger charge is 2.22. The fourth-order valence-corrected chi connectivity index (χ4v) is 4.62. The van der Waals surface area contributed by atoms with Gasteiger partial charge < -0.3 is 25.6 Å². The van der Waals surface area contributed by atoms with E-state index in [1.165, 1.54) is 37.4 Å². The smallest absolute Gasteiger partial charge is 0.303 e. The number of primary amides is 1. The predicted octanol–water partition coefficient (Wildman–Crippen LogP) is 4.43. The van der Waals surface area contributed by atoms with Crippen LogP contribution in [-0.4, -0.2) is 52.9 Å². The van der Waals surface area contributed by atoms with E-state index in [1.807, 2.05) is 0 Å². The van der Waals surface area contributed by atoms with E-state index in [4.69, 9.17) is 20.3 Å². The van der Waals surface area contributed by atoms with E-state index < -0.39 is 27.7 Å². The van der Waals surface area contributed by atoms with E-state index in [-0.39, 0.29) is 47.3 Å². The van der Waals surface area contributed by atoms with Gasteiger partial charge in [-0.15, -0.1) is 0 Å². The van der Waals surface area contributed by atoms with Crippen LogP contribution in [0.4, 0.5) is 21.7 Å². The third kappa shape index (κ3) is 8.67. The number of hydrogen-bond donors (Lipinski definition) is 5. The molecule has 44 heavy (non-hydrogen) atoms. The highest BCUT2D eigenvalue weighted by atomic mass is 32.2. The quantitative estimate of drug-likeness (QED) is 0.111. The van der Waals surface area contributed by atoms with Crippen molar-refractivity contribution < 1.29 is 37.0 Å². The van der Waals surface area contributed by atoms with Crippen molar-refractivity contribution in [3.63, 3.8) is 0 Å². The molecule has 2 aromatic carbocycles. The summed E-state index contributed by atoms with van der Waals surface area (Å²) < 4.78 is 51.9. The minimum atomic E-state index is -3.65. The van der Waals surface area contributed by atoms with Crippen molar-refractivity contribution in [1.29, 1.82) is 0 Å². The summed E-state index contributed by atoms with van der Waals surface area (Å²) in [6.07, 6.45) is 2.63. The Kier molecular flexibility index (Phi) is 10.3. The molecule has 0 aliphatic heterocycles. The molecule has 2 heterocycles. The van der Waals surface area contributed by atoms with Crippen LogP contribution < -0.4 is 25.2 Å². The number of halogens is 1. The van der Waals surface area contributed by atoms with E-state index in [1.54, 1.807) is 30.3 Å². The van der Waals surface area contributed by atoms with Crippen LogP contribution in [-0.2, 0) is 21.4 Å². The average Bonchev–Trinajstić information content (AvgIpc) is 3.41. The number of aromatic nitrogens is 3. The third-order valence-corrected chi connectivity index (χ3v) is 7.55. The summed E-state index contributed by atoms with van der Waals surface area (Å²) in [5.41, 5.74) is 7.14. The Labute approximate surface area is 252 Å². The molecule has 2 aromatic heterocycles. The number of anilines is 3. The van der Waals surface area contributed by atoms with E-state index in [0.717, 1.165) is 0 Å². The second-order valence-corrected chi connectivity index (χ2v) is 11.5. The Balaban J connectivity index is 1.55. The van der Waals surface area contributed by atoms with Crippen molar-refractivity contribution in [1.82, 2.24) is 15.2 Å². The first-order valence-corrected chi connectivity index (χ1v) is 15.2. The molecule has 0 radical (unpaired) electrons. The lowest BCUT2D eigenvalue weighted by molar-refractivity contribution is -0.137. The fraction of sp³-hybridized carbons (Fsp3) is 0.241. The number of H-pyrrole nitrogens is 1. The van der Waals surface area contributed by atoms with Crippen LogP contribution in [0.3, 0.4) is 0 Å². The van der Waals surface area contributed by atoms with Gasteiger partial charge in [-0.2, -0.15) is 5.10 Å². The van der Waals surface area contributed by atoms with Crippen LogP contribution in [0.5, 0.6) is 11.5 Å². The molecule has 0 spiro atoms. The number of pyridine rings is 1. The van der Waals surface area contributed by atoms with Gasteiger partial charge in [-0.3, -0.25) is 19.4 Å². The van der Waals surface area contributed by atoms with Crippen LogP contribution in [0.1, 0.15) is 42.1 Å². The molecule has 0 saturated carbocycles.